The molecular formula is C25H30N2O5. The predicted molar refractivity (Wildman–Crippen MR) is 121 cm³/mol. The number of nitrogens with zero attached hydrogens (tertiary/aromatic N) is 1. The van der Waals surface area contributed by atoms with E-state index in [1.54, 1.807) is 13.8 Å². The van der Waals surface area contributed by atoms with Gasteiger partial charge in [-0.1, -0.05) is 55.5 Å². The largest absolute Gasteiger partial charge is 0.480 e. The molecule has 0 aromatic heterocycles. The number of carboxylic acids is 1. The van der Waals surface area contributed by atoms with E-state index in [9.17, 15) is 19.5 Å². The van der Waals surface area contributed by atoms with Gasteiger partial charge < -0.3 is 20.1 Å². The van der Waals surface area contributed by atoms with Crippen molar-refractivity contribution < 1.29 is 24.2 Å². The van der Waals surface area contributed by atoms with Gasteiger partial charge in [0.25, 0.3) is 0 Å². The molecule has 1 aliphatic rings. The fraction of sp³-hybridized carbons (Fsp3) is 0.400. The summed E-state index contributed by atoms with van der Waals surface area (Å²) in [5.74, 6) is -1.72. The quantitative estimate of drug-likeness (QED) is 0.681. The molecule has 1 aliphatic carbocycles. The molecule has 2 aromatic rings. The SMILES string of the molecule is CCC(C)(NC(=O)OCC1c2ccccc2-c2ccccc21)C(=O)N(C)C(C)(C)C(=O)O. The van der Waals surface area contributed by atoms with E-state index >= 15 is 0 Å². The predicted octanol–water partition coefficient (Wildman–Crippen LogP) is 4.02. The number of rotatable bonds is 7. The Hall–Kier alpha value is -3.35. The normalized spacial score (nSPS) is 14.7. The van der Waals surface area contributed by atoms with Crippen LogP contribution < -0.4 is 5.32 Å². The second-order valence-electron chi connectivity index (χ2n) is 8.86. The van der Waals surface area contributed by atoms with Crippen molar-refractivity contribution in [2.75, 3.05) is 13.7 Å². The number of alkyl carbamates (subject to hydrolysis) is 1. The third-order valence-corrected chi connectivity index (χ3v) is 6.57. The molecule has 170 valence electrons. The van der Waals surface area contributed by atoms with E-state index in [0.29, 0.717) is 0 Å². The molecule has 32 heavy (non-hydrogen) atoms. The van der Waals surface area contributed by atoms with Crippen LogP contribution >= 0.6 is 0 Å². The van der Waals surface area contributed by atoms with Crippen molar-refractivity contribution in [3.8, 4) is 11.1 Å². The molecule has 0 aliphatic heterocycles. The van der Waals surface area contributed by atoms with E-state index in [2.05, 4.69) is 17.4 Å². The van der Waals surface area contributed by atoms with E-state index in [1.165, 1.54) is 20.9 Å². The highest BCUT2D eigenvalue weighted by molar-refractivity contribution is 5.93. The van der Waals surface area contributed by atoms with Crippen LogP contribution in [-0.2, 0) is 14.3 Å². The Morgan fingerprint density at radius 2 is 1.50 bits per heavy atom. The third-order valence-electron chi connectivity index (χ3n) is 6.57. The summed E-state index contributed by atoms with van der Waals surface area (Å²) >= 11 is 0. The molecule has 0 saturated carbocycles. The van der Waals surface area contributed by atoms with Gasteiger partial charge >= 0.3 is 12.1 Å². The Morgan fingerprint density at radius 3 is 1.97 bits per heavy atom. The highest BCUT2D eigenvalue weighted by Gasteiger charge is 2.43. The zero-order valence-electron chi connectivity index (χ0n) is 19.1. The first-order chi connectivity index (χ1) is 15.0. The first-order valence-corrected chi connectivity index (χ1v) is 10.7. The van der Waals surface area contributed by atoms with E-state index < -0.39 is 29.0 Å². The lowest BCUT2D eigenvalue weighted by Gasteiger charge is -2.38. The van der Waals surface area contributed by atoms with Gasteiger partial charge in [-0.25, -0.2) is 9.59 Å². The number of ether oxygens (including phenoxy) is 1. The number of hydrogen-bond donors (Lipinski definition) is 2. The van der Waals surface area contributed by atoms with Gasteiger partial charge in [-0.15, -0.1) is 0 Å². The molecular weight excluding hydrogens is 408 g/mol. The van der Waals surface area contributed by atoms with E-state index in [0.717, 1.165) is 27.2 Å². The van der Waals surface area contributed by atoms with Crippen molar-refractivity contribution in [3.05, 3.63) is 59.7 Å². The van der Waals surface area contributed by atoms with Gasteiger partial charge in [0.2, 0.25) is 5.91 Å². The van der Waals surface area contributed by atoms with Crippen LogP contribution in [0.25, 0.3) is 11.1 Å². The molecule has 0 spiro atoms. The molecule has 2 N–H and O–H groups in total. The molecule has 0 radical (unpaired) electrons. The molecule has 1 atom stereocenters. The van der Waals surface area contributed by atoms with Crippen molar-refractivity contribution in [1.29, 1.82) is 0 Å². The van der Waals surface area contributed by atoms with Crippen LogP contribution in [0.3, 0.4) is 0 Å². The van der Waals surface area contributed by atoms with Gasteiger partial charge in [0.05, 0.1) is 0 Å². The number of carbonyl (C=O) groups is 3. The van der Waals surface area contributed by atoms with Gasteiger partial charge in [-0.3, -0.25) is 4.79 Å². The summed E-state index contributed by atoms with van der Waals surface area (Å²) in [6.45, 7) is 6.34. The fourth-order valence-electron chi connectivity index (χ4n) is 3.92. The lowest BCUT2D eigenvalue weighted by molar-refractivity contribution is -0.157. The van der Waals surface area contributed by atoms with Gasteiger partial charge in [-0.2, -0.15) is 0 Å². The van der Waals surface area contributed by atoms with Crippen molar-refractivity contribution in [2.24, 2.45) is 0 Å². The Morgan fingerprint density at radius 1 is 1.00 bits per heavy atom. The average Bonchev–Trinajstić information content (AvgIpc) is 3.10. The lowest BCUT2D eigenvalue weighted by Crippen LogP contribution is -2.62. The highest BCUT2D eigenvalue weighted by atomic mass is 16.5. The minimum absolute atomic E-state index is 0.0923. The topological polar surface area (TPSA) is 95.9 Å². The standard InChI is InChI=1S/C25H30N2O5/c1-6-25(4,21(28)27(5)24(2,3)22(29)30)26-23(31)32-15-20-18-13-9-7-11-16(18)17-12-8-10-14-19(17)20/h7-14,20H,6,15H2,1-5H3,(H,26,31)(H,29,30). The van der Waals surface area contributed by atoms with Crippen LogP contribution in [0.4, 0.5) is 4.79 Å². The van der Waals surface area contributed by atoms with Crippen molar-refractivity contribution in [1.82, 2.24) is 10.2 Å². The molecule has 2 aromatic carbocycles. The maximum Gasteiger partial charge on any atom is 0.408 e. The minimum atomic E-state index is -1.42. The zero-order chi connectivity index (χ0) is 23.7. The minimum Gasteiger partial charge on any atom is -0.480 e. The number of amides is 2. The smallest absolute Gasteiger partial charge is 0.408 e. The highest BCUT2D eigenvalue weighted by Crippen LogP contribution is 2.44. The van der Waals surface area contributed by atoms with Crippen molar-refractivity contribution in [2.45, 2.75) is 51.1 Å². The van der Waals surface area contributed by atoms with Gasteiger partial charge in [0, 0.05) is 13.0 Å². The first kappa shape index (κ1) is 23.3. The molecule has 3 rings (SSSR count). The molecule has 0 fully saturated rings. The number of likely N-dealkylation sites (N-methyl/N-ethyl adjacent to an activating group) is 1. The fourth-order valence-corrected chi connectivity index (χ4v) is 3.92. The Bertz CT molecular complexity index is 1000. The van der Waals surface area contributed by atoms with Crippen LogP contribution in [0.15, 0.2) is 48.5 Å². The first-order valence-electron chi connectivity index (χ1n) is 10.7. The summed E-state index contributed by atoms with van der Waals surface area (Å²) in [5.41, 5.74) is 1.73. The maximum atomic E-state index is 13.1. The molecule has 1 unspecified atom stereocenters. The molecule has 0 bridgehead atoms. The molecule has 7 heteroatoms. The van der Waals surface area contributed by atoms with Crippen LogP contribution in [-0.4, -0.2) is 52.7 Å². The average molecular weight is 439 g/mol. The molecule has 2 amide bonds. The van der Waals surface area contributed by atoms with E-state index in [-0.39, 0.29) is 18.9 Å². The summed E-state index contributed by atoms with van der Waals surface area (Å²) < 4.78 is 5.56. The maximum absolute atomic E-state index is 13.1. The second-order valence-corrected chi connectivity index (χ2v) is 8.86. The molecule has 7 nitrogen and oxygen atoms in total. The number of nitrogens with one attached hydrogen (secondary N) is 1. The number of fused-ring (bicyclic) bond motifs is 3. The summed E-state index contributed by atoms with van der Waals surface area (Å²) in [6, 6.07) is 16.1. The number of hydrogen-bond acceptors (Lipinski definition) is 4. The third kappa shape index (κ3) is 4.07. The van der Waals surface area contributed by atoms with Gasteiger partial charge in [0.15, 0.2) is 0 Å². The molecule has 0 heterocycles. The number of aliphatic carboxylic acids is 1. The van der Waals surface area contributed by atoms with Crippen molar-refractivity contribution >= 4 is 18.0 Å². The number of carboxylic acid groups (broad SMARTS) is 1. The zero-order valence-corrected chi connectivity index (χ0v) is 19.1. The van der Waals surface area contributed by atoms with Crippen LogP contribution in [0, 0.1) is 0 Å². The lowest BCUT2D eigenvalue weighted by atomic mass is 9.93. The van der Waals surface area contributed by atoms with E-state index in [4.69, 9.17) is 4.74 Å². The van der Waals surface area contributed by atoms with Crippen LogP contribution in [0.2, 0.25) is 0 Å². The van der Waals surface area contributed by atoms with Crippen molar-refractivity contribution in [3.63, 3.8) is 0 Å². The summed E-state index contributed by atoms with van der Waals surface area (Å²) in [6.07, 6.45) is -0.443. The van der Waals surface area contributed by atoms with E-state index in [1.807, 2.05) is 36.4 Å². The Kier molecular flexibility index (Phi) is 6.30. The van der Waals surface area contributed by atoms with Crippen LogP contribution in [0.5, 0.6) is 0 Å². The summed E-state index contributed by atoms with van der Waals surface area (Å²) in [4.78, 5) is 38.4. The van der Waals surface area contributed by atoms with Crippen LogP contribution in [0.1, 0.15) is 51.2 Å². The number of carbonyl (C=O) groups excluding carboxylic acids is 2. The second kappa shape index (κ2) is 8.65. The monoisotopic (exact) mass is 438 g/mol. The van der Waals surface area contributed by atoms with Gasteiger partial charge in [-0.05, 0) is 49.4 Å². The summed E-state index contributed by atoms with van der Waals surface area (Å²) in [5, 5.41) is 12.1. The Labute approximate surface area is 188 Å². The Balaban J connectivity index is 1.73. The number of benzene rings is 2. The summed E-state index contributed by atoms with van der Waals surface area (Å²) in [7, 11) is 1.42. The molecule has 0 saturated heterocycles. The van der Waals surface area contributed by atoms with Gasteiger partial charge in [0.1, 0.15) is 17.7 Å².